The zero-order valence-electron chi connectivity index (χ0n) is 7.49. The number of aliphatic carboxylic acids is 1. The van der Waals surface area contributed by atoms with E-state index >= 15 is 0 Å². The van der Waals surface area contributed by atoms with Gasteiger partial charge in [-0.25, -0.2) is 0 Å². The SMILES string of the molecule is CC(C#N)(C(=O)O)c1cccc(Br)c1. The Bertz CT molecular complexity index is 411. The average Bonchev–Trinajstić information content (AvgIpc) is 2.16. The van der Waals surface area contributed by atoms with E-state index in [2.05, 4.69) is 15.9 Å². The molecular weight excluding hydrogens is 246 g/mol. The quantitative estimate of drug-likeness (QED) is 0.880. The van der Waals surface area contributed by atoms with Crippen LogP contribution in [0.1, 0.15) is 12.5 Å². The highest BCUT2D eigenvalue weighted by Crippen LogP contribution is 2.25. The van der Waals surface area contributed by atoms with Gasteiger partial charge in [0.2, 0.25) is 0 Å². The van der Waals surface area contributed by atoms with Crippen LogP contribution < -0.4 is 0 Å². The molecule has 0 amide bonds. The van der Waals surface area contributed by atoms with Gasteiger partial charge in [0.05, 0.1) is 6.07 Å². The molecule has 14 heavy (non-hydrogen) atoms. The van der Waals surface area contributed by atoms with E-state index in [-0.39, 0.29) is 0 Å². The van der Waals surface area contributed by atoms with Crippen LogP contribution in [0.15, 0.2) is 28.7 Å². The van der Waals surface area contributed by atoms with E-state index in [1.54, 1.807) is 30.3 Å². The monoisotopic (exact) mass is 253 g/mol. The highest BCUT2D eigenvalue weighted by Gasteiger charge is 2.35. The van der Waals surface area contributed by atoms with Crippen molar-refractivity contribution in [1.82, 2.24) is 0 Å². The zero-order valence-corrected chi connectivity index (χ0v) is 9.08. The number of carbonyl (C=O) groups is 1. The molecule has 0 aliphatic carbocycles. The Kier molecular flexibility index (Phi) is 2.92. The molecule has 0 fully saturated rings. The van der Waals surface area contributed by atoms with Gasteiger partial charge in [0.1, 0.15) is 0 Å². The van der Waals surface area contributed by atoms with Crippen LogP contribution in [0, 0.1) is 11.3 Å². The molecule has 1 atom stereocenters. The van der Waals surface area contributed by atoms with E-state index in [1.165, 1.54) is 6.92 Å². The highest BCUT2D eigenvalue weighted by molar-refractivity contribution is 9.10. The molecule has 0 aromatic heterocycles. The summed E-state index contributed by atoms with van der Waals surface area (Å²) in [6.45, 7) is 1.39. The van der Waals surface area contributed by atoms with Crippen LogP contribution in [-0.2, 0) is 10.2 Å². The molecule has 0 spiro atoms. The molecule has 1 aromatic carbocycles. The standard InChI is InChI=1S/C10H8BrNO2/c1-10(6-12,9(13)14)7-3-2-4-8(11)5-7/h2-5H,1H3,(H,13,14). The number of hydrogen-bond acceptors (Lipinski definition) is 2. The lowest BCUT2D eigenvalue weighted by atomic mass is 9.84. The summed E-state index contributed by atoms with van der Waals surface area (Å²) >= 11 is 3.23. The summed E-state index contributed by atoms with van der Waals surface area (Å²) in [4.78, 5) is 10.9. The van der Waals surface area contributed by atoms with Gasteiger partial charge in [-0.1, -0.05) is 28.1 Å². The lowest BCUT2D eigenvalue weighted by Crippen LogP contribution is -2.30. The third-order valence-corrected chi connectivity index (χ3v) is 2.55. The lowest BCUT2D eigenvalue weighted by molar-refractivity contribution is -0.141. The number of halogens is 1. The molecule has 0 saturated heterocycles. The minimum Gasteiger partial charge on any atom is -0.480 e. The number of carboxylic acids is 1. The molecule has 0 aliphatic rings. The predicted molar refractivity (Wildman–Crippen MR) is 54.7 cm³/mol. The molecule has 0 aliphatic heterocycles. The molecule has 1 rings (SSSR count). The van der Waals surface area contributed by atoms with Crippen molar-refractivity contribution in [3.8, 4) is 6.07 Å². The summed E-state index contributed by atoms with van der Waals surface area (Å²) in [6.07, 6.45) is 0. The molecule has 1 N–H and O–H groups in total. The molecule has 0 heterocycles. The normalized spacial score (nSPS) is 14.1. The summed E-state index contributed by atoms with van der Waals surface area (Å²) in [6, 6.07) is 8.55. The van der Waals surface area contributed by atoms with Crippen LogP contribution >= 0.6 is 15.9 Å². The zero-order chi connectivity index (χ0) is 10.8. The number of hydrogen-bond donors (Lipinski definition) is 1. The van der Waals surface area contributed by atoms with Crippen molar-refractivity contribution in [2.24, 2.45) is 0 Å². The van der Waals surface area contributed by atoms with Crippen LogP contribution in [0.4, 0.5) is 0 Å². The van der Waals surface area contributed by atoms with Gasteiger partial charge in [0.15, 0.2) is 5.41 Å². The molecule has 4 heteroatoms. The average molecular weight is 254 g/mol. The summed E-state index contributed by atoms with van der Waals surface area (Å²) in [5.74, 6) is -1.14. The first-order valence-corrected chi connectivity index (χ1v) is 4.70. The fourth-order valence-corrected chi connectivity index (χ4v) is 1.43. The number of benzene rings is 1. The fraction of sp³-hybridized carbons (Fsp3) is 0.200. The third kappa shape index (κ3) is 1.78. The molecule has 72 valence electrons. The lowest BCUT2D eigenvalue weighted by Gasteiger charge is -2.16. The van der Waals surface area contributed by atoms with Gasteiger partial charge in [-0.3, -0.25) is 4.79 Å². The Labute approximate surface area is 90.1 Å². The maximum absolute atomic E-state index is 10.9. The van der Waals surface area contributed by atoms with Crippen molar-refractivity contribution < 1.29 is 9.90 Å². The maximum atomic E-state index is 10.9. The van der Waals surface area contributed by atoms with Gasteiger partial charge in [-0.2, -0.15) is 5.26 Å². The molecule has 0 saturated carbocycles. The molecule has 1 unspecified atom stereocenters. The van der Waals surface area contributed by atoms with Gasteiger partial charge in [0.25, 0.3) is 0 Å². The largest absolute Gasteiger partial charge is 0.480 e. The van der Waals surface area contributed by atoms with Gasteiger partial charge >= 0.3 is 5.97 Å². The predicted octanol–water partition coefficient (Wildman–Crippen LogP) is 2.31. The van der Waals surface area contributed by atoms with E-state index in [0.717, 1.165) is 4.47 Å². The number of nitriles is 1. The molecule has 0 radical (unpaired) electrons. The Balaban J connectivity index is 3.28. The number of carboxylic acid groups (broad SMARTS) is 1. The summed E-state index contributed by atoms with van der Waals surface area (Å²) < 4.78 is 0.762. The molecule has 0 bridgehead atoms. The second-order valence-corrected chi connectivity index (χ2v) is 3.97. The number of nitrogens with zero attached hydrogens (tertiary/aromatic N) is 1. The Morgan fingerprint density at radius 3 is 2.71 bits per heavy atom. The van der Waals surface area contributed by atoms with Crippen molar-refractivity contribution in [1.29, 1.82) is 5.26 Å². The third-order valence-electron chi connectivity index (χ3n) is 2.05. The van der Waals surface area contributed by atoms with Crippen LogP contribution in [-0.4, -0.2) is 11.1 Å². The Hall–Kier alpha value is -1.34. The smallest absolute Gasteiger partial charge is 0.328 e. The first kappa shape index (κ1) is 10.7. The van der Waals surface area contributed by atoms with Gasteiger partial charge in [-0.15, -0.1) is 0 Å². The Morgan fingerprint density at radius 1 is 1.64 bits per heavy atom. The molecular formula is C10H8BrNO2. The van der Waals surface area contributed by atoms with E-state index in [9.17, 15) is 4.79 Å². The van der Waals surface area contributed by atoms with Crippen molar-refractivity contribution in [2.45, 2.75) is 12.3 Å². The van der Waals surface area contributed by atoms with E-state index < -0.39 is 11.4 Å². The van der Waals surface area contributed by atoms with Crippen molar-refractivity contribution in [3.05, 3.63) is 34.3 Å². The second-order valence-electron chi connectivity index (χ2n) is 3.05. The van der Waals surface area contributed by atoms with Crippen LogP contribution in [0.5, 0.6) is 0 Å². The molecule has 1 aromatic rings. The van der Waals surface area contributed by atoms with E-state index in [1.807, 2.05) is 0 Å². The summed E-state index contributed by atoms with van der Waals surface area (Å²) in [5, 5.41) is 17.8. The van der Waals surface area contributed by atoms with Gasteiger partial charge in [0, 0.05) is 4.47 Å². The van der Waals surface area contributed by atoms with E-state index in [0.29, 0.717) is 5.56 Å². The van der Waals surface area contributed by atoms with Crippen molar-refractivity contribution in [3.63, 3.8) is 0 Å². The van der Waals surface area contributed by atoms with Crippen molar-refractivity contribution in [2.75, 3.05) is 0 Å². The van der Waals surface area contributed by atoms with E-state index in [4.69, 9.17) is 10.4 Å². The molecule has 3 nitrogen and oxygen atoms in total. The van der Waals surface area contributed by atoms with Crippen LogP contribution in [0.25, 0.3) is 0 Å². The second kappa shape index (κ2) is 3.81. The first-order valence-electron chi connectivity index (χ1n) is 3.91. The topological polar surface area (TPSA) is 61.1 Å². The van der Waals surface area contributed by atoms with Gasteiger partial charge in [-0.05, 0) is 24.6 Å². The van der Waals surface area contributed by atoms with Crippen LogP contribution in [0.3, 0.4) is 0 Å². The van der Waals surface area contributed by atoms with Crippen LogP contribution in [0.2, 0.25) is 0 Å². The van der Waals surface area contributed by atoms with Crippen molar-refractivity contribution >= 4 is 21.9 Å². The maximum Gasteiger partial charge on any atom is 0.328 e. The number of rotatable bonds is 2. The van der Waals surface area contributed by atoms with Gasteiger partial charge < -0.3 is 5.11 Å². The summed E-state index contributed by atoms with van der Waals surface area (Å²) in [7, 11) is 0. The summed E-state index contributed by atoms with van der Waals surface area (Å²) in [5.41, 5.74) is -1.01. The first-order chi connectivity index (χ1) is 6.50. The fourth-order valence-electron chi connectivity index (χ4n) is 1.04. The minimum atomic E-state index is -1.48. The minimum absolute atomic E-state index is 0.474. The Morgan fingerprint density at radius 2 is 2.29 bits per heavy atom. The highest BCUT2D eigenvalue weighted by atomic mass is 79.9.